The van der Waals surface area contributed by atoms with Crippen molar-refractivity contribution in [3.8, 4) is 0 Å². The molecule has 28 heavy (non-hydrogen) atoms. The Hall–Kier alpha value is -2.01. The summed E-state index contributed by atoms with van der Waals surface area (Å²) < 4.78 is 5.66. The Morgan fingerprint density at radius 1 is 0.929 bits per heavy atom. The van der Waals surface area contributed by atoms with Crippen molar-refractivity contribution in [3.05, 3.63) is 68.9 Å². The number of carbonyl (C=O) groups excluding carboxylic acids is 2. The molecule has 4 rings (SSSR count). The second-order valence-electron chi connectivity index (χ2n) is 6.85. The number of fused-ring (bicyclic) bond motifs is 1. The monoisotopic (exact) mass is 435 g/mol. The number of piperidine rings is 1. The van der Waals surface area contributed by atoms with E-state index in [2.05, 4.69) is 0 Å². The molecule has 0 atom stereocenters. The maximum absolute atomic E-state index is 12.8. The van der Waals surface area contributed by atoms with Gasteiger partial charge in [-0.05, 0) is 55.3 Å². The highest BCUT2D eigenvalue weighted by Crippen LogP contribution is 2.28. The third-order valence-corrected chi connectivity index (χ3v) is 6.02. The lowest BCUT2D eigenvalue weighted by Gasteiger charge is -2.30. The number of hydrogen-bond donors (Lipinski definition) is 0. The Kier molecular flexibility index (Phi) is 5.37. The number of benzene rings is 2. The molecule has 1 saturated heterocycles. The maximum atomic E-state index is 12.8. The molecule has 1 aliphatic heterocycles. The molecule has 144 valence electrons. The van der Waals surface area contributed by atoms with Crippen molar-refractivity contribution < 1.29 is 14.0 Å². The van der Waals surface area contributed by atoms with Crippen LogP contribution in [0.2, 0.25) is 15.1 Å². The standard InChI is InChI=1S/C21H16Cl3NO3/c22-15-2-4-18-14(9-15)11-19(28-18)21(27)25-7-5-12(6-8-25)20(26)13-1-3-16(23)17(24)10-13/h1-4,9-12H,5-8H2. The molecule has 1 aromatic heterocycles. The summed E-state index contributed by atoms with van der Waals surface area (Å²) in [4.78, 5) is 27.2. The van der Waals surface area contributed by atoms with Crippen molar-refractivity contribution in [2.75, 3.05) is 13.1 Å². The van der Waals surface area contributed by atoms with Gasteiger partial charge in [0.15, 0.2) is 11.5 Å². The first kappa shape index (κ1) is 19.3. The molecule has 0 radical (unpaired) electrons. The Labute approximate surface area is 177 Å². The number of likely N-dealkylation sites (tertiary alicyclic amines) is 1. The summed E-state index contributed by atoms with van der Waals surface area (Å²) in [7, 11) is 0. The molecule has 4 nitrogen and oxygen atoms in total. The first-order valence-electron chi connectivity index (χ1n) is 8.90. The second-order valence-corrected chi connectivity index (χ2v) is 8.10. The predicted molar refractivity (Wildman–Crippen MR) is 111 cm³/mol. The molecule has 3 aromatic rings. The van der Waals surface area contributed by atoms with Gasteiger partial charge in [-0.2, -0.15) is 0 Å². The normalized spacial score (nSPS) is 15.2. The fourth-order valence-electron chi connectivity index (χ4n) is 3.51. The number of hydrogen-bond acceptors (Lipinski definition) is 3. The highest BCUT2D eigenvalue weighted by Gasteiger charge is 2.29. The fraction of sp³-hybridized carbons (Fsp3) is 0.238. The van der Waals surface area contributed by atoms with Crippen LogP contribution in [0.25, 0.3) is 11.0 Å². The van der Waals surface area contributed by atoms with Crippen LogP contribution in [0.5, 0.6) is 0 Å². The van der Waals surface area contributed by atoms with Gasteiger partial charge in [0.05, 0.1) is 10.0 Å². The van der Waals surface area contributed by atoms with Gasteiger partial charge in [-0.25, -0.2) is 0 Å². The summed E-state index contributed by atoms with van der Waals surface area (Å²) in [6, 6.07) is 11.9. The zero-order valence-electron chi connectivity index (χ0n) is 14.8. The largest absolute Gasteiger partial charge is 0.451 e. The van der Waals surface area contributed by atoms with Crippen LogP contribution < -0.4 is 0 Å². The van der Waals surface area contributed by atoms with Gasteiger partial charge >= 0.3 is 0 Å². The Morgan fingerprint density at radius 2 is 1.68 bits per heavy atom. The van der Waals surface area contributed by atoms with E-state index in [9.17, 15) is 9.59 Å². The van der Waals surface area contributed by atoms with Crippen molar-refractivity contribution in [3.63, 3.8) is 0 Å². The number of ketones is 1. The minimum absolute atomic E-state index is 0.0315. The summed E-state index contributed by atoms with van der Waals surface area (Å²) in [5.74, 6) is -0.000832. The molecule has 0 aliphatic carbocycles. The average Bonchev–Trinajstić information content (AvgIpc) is 3.12. The first-order chi connectivity index (χ1) is 13.4. The Morgan fingerprint density at radius 3 is 2.39 bits per heavy atom. The highest BCUT2D eigenvalue weighted by molar-refractivity contribution is 6.42. The zero-order valence-corrected chi connectivity index (χ0v) is 17.0. The minimum atomic E-state index is -0.173. The quantitative estimate of drug-likeness (QED) is 0.464. The SMILES string of the molecule is O=C(c1ccc(Cl)c(Cl)c1)C1CCN(C(=O)c2cc3cc(Cl)ccc3o2)CC1. The lowest BCUT2D eigenvalue weighted by molar-refractivity contribution is 0.0626. The van der Waals surface area contributed by atoms with Crippen LogP contribution in [0.1, 0.15) is 33.8 Å². The maximum Gasteiger partial charge on any atom is 0.289 e. The van der Waals surface area contributed by atoms with E-state index in [4.69, 9.17) is 39.2 Å². The number of halogens is 3. The predicted octanol–water partition coefficient (Wildman–Crippen LogP) is 6.13. The number of Topliss-reactive ketones (excluding diaryl/α,β-unsaturated/α-hetero) is 1. The fourth-order valence-corrected chi connectivity index (χ4v) is 3.98. The molecule has 0 bridgehead atoms. The average molecular weight is 437 g/mol. The Balaban J connectivity index is 1.43. The van der Waals surface area contributed by atoms with Crippen LogP contribution in [0.3, 0.4) is 0 Å². The van der Waals surface area contributed by atoms with Crippen LogP contribution in [0, 0.1) is 5.92 Å². The molecule has 0 unspecified atom stereocenters. The smallest absolute Gasteiger partial charge is 0.289 e. The highest BCUT2D eigenvalue weighted by atomic mass is 35.5. The third kappa shape index (κ3) is 3.77. The van der Waals surface area contributed by atoms with Gasteiger partial charge in [0.25, 0.3) is 5.91 Å². The summed E-state index contributed by atoms with van der Waals surface area (Å²) in [5, 5.41) is 2.17. The van der Waals surface area contributed by atoms with E-state index in [0.29, 0.717) is 52.1 Å². The van der Waals surface area contributed by atoms with Crippen molar-refractivity contribution in [1.29, 1.82) is 0 Å². The van der Waals surface area contributed by atoms with E-state index in [1.54, 1.807) is 47.4 Å². The van der Waals surface area contributed by atoms with E-state index >= 15 is 0 Å². The number of nitrogens with zero attached hydrogens (tertiary/aromatic N) is 1. The van der Waals surface area contributed by atoms with Gasteiger partial charge in [-0.3, -0.25) is 9.59 Å². The second kappa shape index (κ2) is 7.78. The molecule has 1 aliphatic rings. The lowest BCUT2D eigenvalue weighted by Crippen LogP contribution is -2.40. The van der Waals surface area contributed by atoms with Crippen LogP contribution in [0.4, 0.5) is 0 Å². The molecule has 1 amide bonds. The molecule has 0 saturated carbocycles. The summed E-state index contributed by atoms with van der Waals surface area (Å²) in [6.07, 6.45) is 1.19. The molecule has 2 aromatic carbocycles. The first-order valence-corrected chi connectivity index (χ1v) is 10.0. The molecular weight excluding hydrogens is 421 g/mol. The molecule has 0 spiro atoms. The molecule has 0 N–H and O–H groups in total. The molecule has 7 heteroatoms. The van der Waals surface area contributed by atoms with Gasteiger partial charge in [-0.15, -0.1) is 0 Å². The van der Waals surface area contributed by atoms with E-state index in [1.807, 2.05) is 0 Å². The van der Waals surface area contributed by atoms with Gasteiger partial charge < -0.3 is 9.32 Å². The van der Waals surface area contributed by atoms with Crippen molar-refractivity contribution in [2.24, 2.45) is 5.92 Å². The van der Waals surface area contributed by atoms with Crippen LogP contribution >= 0.6 is 34.8 Å². The van der Waals surface area contributed by atoms with Gasteiger partial charge in [0.2, 0.25) is 0 Å². The molecular formula is C21H16Cl3NO3. The van der Waals surface area contributed by atoms with E-state index in [0.717, 1.165) is 5.39 Å². The van der Waals surface area contributed by atoms with Crippen molar-refractivity contribution >= 4 is 57.5 Å². The van der Waals surface area contributed by atoms with E-state index in [1.165, 1.54) is 0 Å². The van der Waals surface area contributed by atoms with Gasteiger partial charge in [-0.1, -0.05) is 34.8 Å². The minimum Gasteiger partial charge on any atom is -0.451 e. The number of carbonyl (C=O) groups is 2. The van der Waals surface area contributed by atoms with E-state index < -0.39 is 0 Å². The van der Waals surface area contributed by atoms with Crippen molar-refractivity contribution in [1.82, 2.24) is 4.90 Å². The summed E-state index contributed by atoms with van der Waals surface area (Å²) in [5.41, 5.74) is 1.17. The molecule has 2 heterocycles. The lowest BCUT2D eigenvalue weighted by atomic mass is 9.89. The molecule has 1 fully saturated rings. The van der Waals surface area contributed by atoms with Crippen LogP contribution in [-0.4, -0.2) is 29.7 Å². The third-order valence-electron chi connectivity index (χ3n) is 5.05. The van der Waals surface area contributed by atoms with Gasteiger partial charge in [0.1, 0.15) is 5.58 Å². The summed E-state index contributed by atoms with van der Waals surface area (Å²) >= 11 is 17.9. The number of rotatable bonds is 3. The number of furan rings is 1. The van der Waals surface area contributed by atoms with Gasteiger partial charge in [0, 0.05) is 35.0 Å². The van der Waals surface area contributed by atoms with Crippen LogP contribution in [-0.2, 0) is 0 Å². The zero-order chi connectivity index (χ0) is 19.8. The summed E-state index contributed by atoms with van der Waals surface area (Å²) in [6.45, 7) is 0.989. The van der Waals surface area contributed by atoms with E-state index in [-0.39, 0.29) is 23.4 Å². The topological polar surface area (TPSA) is 50.5 Å². The Bertz CT molecular complexity index is 1070. The van der Waals surface area contributed by atoms with Crippen molar-refractivity contribution in [2.45, 2.75) is 12.8 Å². The number of amides is 1. The van der Waals surface area contributed by atoms with Crippen LogP contribution in [0.15, 0.2) is 46.9 Å².